The lowest BCUT2D eigenvalue weighted by atomic mass is 9.85. The monoisotopic (exact) mass is 319 g/mol. The van der Waals surface area contributed by atoms with Gasteiger partial charge in [-0.05, 0) is 44.7 Å². The fraction of sp³-hybridized carbons (Fsp3) is 0.722. The highest BCUT2D eigenvalue weighted by atomic mass is 16.3. The van der Waals surface area contributed by atoms with Gasteiger partial charge in [0.05, 0.1) is 6.10 Å². The highest BCUT2D eigenvalue weighted by Gasteiger charge is 2.31. The van der Waals surface area contributed by atoms with Gasteiger partial charge in [-0.15, -0.1) is 0 Å². The Morgan fingerprint density at radius 3 is 2.26 bits per heavy atom. The minimum Gasteiger partial charge on any atom is -0.392 e. The molecule has 1 aliphatic carbocycles. The van der Waals surface area contributed by atoms with E-state index in [-0.39, 0.29) is 12.0 Å². The fourth-order valence-corrected chi connectivity index (χ4v) is 3.99. The maximum absolute atomic E-state index is 12.7. The zero-order chi connectivity index (χ0) is 16.2. The Balaban J connectivity index is 1.45. The summed E-state index contributed by atoms with van der Waals surface area (Å²) in [6.07, 6.45) is 8.20. The number of nitrogens with zero attached hydrogens (tertiary/aromatic N) is 3. The van der Waals surface area contributed by atoms with Gasteiger partial charge in [0.25, 0.3) is 0 Å². The zero-order valence-corrected chi connectivity index (χ0v) is 14.1. The molecule has 0 aromatic carbocycles. The molecule has 5 nitrogen and oxygen atoms in total. The van der Waals surface area contributed by atoms with Gasteiger partial charge < -0.3 is 14.6 Å². The van der Waals surface area contributed by atoms with Crippen LogP contribution in [0, 0.1) is 5.92 Å². The lowest BCUT2D eigenvalue weighted by molar-refractivity contribution is -0.138. The van der Waals surface area contributed by atoms with Crippen LogP contribution in [-0.4, -0.2) is 64.2 Å². The van der Waals surface area contributed by atoms with Crippen LogP contribution in [0.4, 0.5) is 0 Å². The van der Waals surface area contributed by atoms with E-state index in [1.165, 1.54) is 0 Å². The van der Waals surface area contributed by atoms with Crippen LogP contribution >= 0.6 is 0 Å². The molecule has 2 heterocycles. The van der Waals surface area contributed by atoms with Crippen molar-refractivity contribution in [2.45, 2.75) is 44.8 Å². The summed E-state index contributed by atoms with van der Waals surface area (Å²) in [6, 6.07) is 4.71. The summed E-state index contributed by atoms with van der Waals surface area (Å²) in [5, 5.41) is 9.46. The van der Waals surface area contributed by atoms with Crippen LogP contribution in [0.25, 0.3) is 0 Å². The Hall–Kier alpha value is -1.33. The molecule has 3 rings (SSSR count). The number of β-amino-alcohol motifs (C(OH)–C–C–N with tert-alkyl or cyclic N) is 1. The predicted molar refractivity (Wildman–Crippen MR) is 90.1 cm³/mol. The average Bonchev–Trinajstić information content (AvgIpc) is 3.09. The SMILES string of the molecule is CC(O)CN1CCN(C(=O)C2CCC(n3cccc3)CC2)CC1. The van der Waals surface area contributed by atoms with Gasteiger partial charge in [-0.1, -0.05) is 0 Å². The molecular formula is C18H29N3O2. The van der Waals surface area contributed by atoms with E-state index in [0.717, 1.165) is 51.9 Å². The Bertz CT molecular complexity index is 484. The standard InChI is InChI=1S/C18H29N3O2/c1-15(22)14-19-10-12-21(13-11-19)18(23)16-4-6-17(7-5-16)20-8-2-3-9-20/h2-3,8-9,15-17,22H,4-7,10-14H2,1H3. The molecule has 0 bridgehead atoms. The van der Waals surface area contributed by atoms with E-state index in [1.54, 1.807) is 0 Å². The number of carbonyl (C=O) groups excluding carboxylic acids is 1. The first-order valence-corrected chi connectivity index (χ1v) is 8.95. The highest BCUT2D eigenvalue weighted by molar-refractivity contribution is 5.79. The van der Waals surface area contributed by atoms with Crippen LogP contribution in [0.15, 0.2) is 24.5 Å². The molecule has 2 fully saturated rings. The van der Waals surface area contributed by atoms with Gasteiger partial charge in [-0.25, -0.2) is 0 Å². The summed E-state index contributed by atoms with van der Waals surface area (Å²) in [4.78, 5) is 17.0. The van der Waals surface area contributed by atoms with Crippen LogP contribution in [0.5, 0.6) is 0 Å². The average molecular weight is 319 g/mol. The van der Waals surface area contributed by atoms with Gasteiger partial charge in [0, 0.05) is 57.1 Å². The third-order valence-corrected chi connectivity index (χ3v) is 5.30. The number of hydrogen-bond donors (Lipinski definition) is 1. The van der Waals surface area contributed by atoms with Crippen LogP contribution in [-0.2, 0) is 4.79 Å². The van der Waals surface area contributed by atoms with Crippen molar-refractivity contribution in [1.29, 1.82) is 0 Å². The number of hydrogen-bond acceptors (Lipinski definition) is 3. The van der Waals surface area contributed by atoms with Gasteiger partial charge >= 0.3 is 0 Å². The molecule has 23 heavy (non-hydrogen) atoms. The summed E-state index contributed by atoms with van der Waals surface area (Å²) in [5.74, 6) is 0.567. The molecule has 1 amide bonds. The second-order valence-corrected chi connectivity index (χ2v) is 7.11. The molecule has 1 unspecified atom stereocenters. The second kappa shape index (κ2) is 7.49. The third kappa shape index (κ3) is 4.15. The van der Waals surface area contributed by atoms with E-state index < -0.39 is 0 Å². The van der Waals surface area contributed by atoms with Gasteiger partial charge in [-0.2, -0.15) is 0 Å². The number of aliphatic hydroxyl groups is 1. The highest BCUT2D eigenvalue weighted by Crippen LogP contribution is 2.33. The Labute approximate surface area is 138 Å². The number of amides is 1. The molecule has 1 saturated carbocycles. The predicted octanol–water partition coefficient (Wildman–Crippen LogP) is 1.74. The number of rotatable bonds is 4. The van der Waals surface area contributed by atoms with Gasteiger partial charge in [0.15, 0.2) is 0 Å². The molecule has 1 saturated heterocycles. The molecule has 5 heteroatoms. The molecule has 1 atom stereocenters. The van der Waals surface area contributed by atoms with Crippen molar-refractivity contribution in [1.82, 2.24) is 14.4 Å². The fourth-order valence-electron chi connectivity index (χ4n) is 3.99. The van der Waals surface area contributed by atoms with Crippen molar-refractivity contribution in [3.8, 4) is 0 Å². The van der Waals surface area contributed by atoms with E-state index in [9.17, 15) is 9.90 Å². The van der Waals surface area contributed by atoms with E-state index in [1.807, 2.05) is 11.8 Å². The first-order chi connectivity index (χ1) is 11.1. The second-order valence-electron chi connectivity index (χ2n) is 7.11. The maximum atomic E-state index is 12.7. The summed E-state index contributed by atoms with van der Waals surface area (Å²) in [6.45, 7) is 5.92. The summed E-state index contributed by atoms with van der Waals surface area (Å²) >= 11 is 0. The Morgan fingerprint density at radius 2 is 1.70 bits per heavy atom. The maximum Gasteiger partial charge on any atom is 0.225 e. The topological polar surface area (TPSA) is 48.7 Å². The van der Waals surface area contributed by atoms with Gasteiger partial charge in [0.2, 0.25) is 5.91 Å². The van der Waals surface area contributed by atoms with Crippen LogP contribution < -0.4 is 0 Å². The summed E-state index contributed by atoms with van der Waals surface area (Å²) in [5.41, 5.74) is 0. The minimum atomic E-state index is -0.291. The largest absolute Gasteiger partial charge is 0.392 e. The lowest BCUT2D eigenvalue weighted by Gasteiger charge is -2.38. The van der Waals surface area contributed by atoms with Gasteiger partial charge in [-0.3, -0.25) is 9.69 Å². The number of aliphatic hydroxyl groups excluding tert-OH is 1. The normalized spacial score (nSPS) is 27.8. The van der Waals surface area contributed by atoms with Crippen LogP contribution in [0.3, 0.4) is 0 Å². The van der Waals surface area contributed by atoms with Gasteiger partial charge in [0.1, 0.15) is 0 Å². The molecule has 1 aromatic rings. The Morgan fingerprint density at radius 1 is 1.09 bits per heavy atom. The minimum absolute atomic E-state index is 0.213. The van der Waals surface area contributed by atoms with E-state index >= 15 is 0 Å². The molecule has 1 N–H and O–H groups in total. The quantitative estimate of drug-likeness (QED) is 0.920. The first kappa shape index (κ1) is 16.5. The Kier molecular flexibility index (Phi) is 5.38. The van der Waals surface area contributed by atoms with Crippen molar-refractivity contribution in [2.75, 3.05) is 32.7 Å². The molecule has 2 aliphatic rings. The van der Waals surface area contributed by atoms with Crippen molar-refractivity contribution in [3.63, 3.8) is 0 Å². The van der Waals surface area contributed by atoms with Crippen molar-refractivity contribution in [2.24, 2.45) is 5.92 Å². The van der Waals surface area contributed by atoms with E-state index in [4.69, 9.17) is 0 Å². The number of aromatic nitrogens is 1. The van der Waals surface area contributed by atoms with Crippen molar-refractivity contribution >= 4 is 5.91 Å². The number of piperazine rings is 1. The molecule has 1 aliphatic heterocycles. The zero-order valence-electron chi connectivity index (χ0n) is 14.1. The third-order valence-electron chi connectivity index (χ3n) is 5.30. The molecular weight excluding hydrogens is 290 g/mol. The summed E-state index contributed by atoms with van der Waals surface area (Å²) < 4.78 is 2.29. The lowest BCUT2D eigenvalue weighted by Crippen LogP contribution is -2.51. The number of carbonyl (C=O) groups is 1. The van der Waals surface area contributed by atoms with Crippen LogP contribution in [0.1, 0.15) is 38.6 Å². The van der Waals surface area contributed by atoms with Crippen LogP contribution in [0.2, 0.25) is 0 Å². The summed E-state index contributed by atoms with van der Waals surface area (Å²) in [7, 11) is 0. The molecule has 1 aromatic heterocycles. The van der Waals surface area contributed by atoms with E-state index in [2.05, 4.69) is 34.0 Å². The van der Waals surface area contributed by atoms with Crippen molar-refractivity contribution in [3.05, 3.63) is 24.5 Å². The molecule has 128 valence electrons. The smallest absolute Gasteiger partial charge is 0.225 e. The molecule has 0 spiro atoms. The first-order valence-electron chi connectivity index (χ1n) is 8.95. The van der Waals surface area contributed by atoms with E-state index in [0.29, 0.717) is 18.5 Å². The van der Waals surface area contributed by atoms with Crippen molar-refractivity contribution < 1.29 is 9.90 Å². The molecule has 0 radical (unpaired) electrons.